The van der Waals surface area contributed by atoms with Crippen LogP contribution in [0.4, 0.5) is 13.2 Å². The molecule has 22 heavy (non-hydrogen) atoms. The standard InChI is InChI=1S/C15H18F3NO2S/c16-15(17,18)10-21-11-8-19(9-11)13(20)14(5-1-2-6-14)12-4-3-7-22-12/h3-4,7,11H,1-2,5-6,8-10H2. The van der Waals surface area contributed by atoms with Crippen molar-refractivity contribution < 1.29 is 22.7 Å². The molecule has 122 valence electrons. The van der Waals surface area contributed by atoms with Gasteiger partial charge in [-0.05, 0) is 24.3 Å². The SMILES string of the molecule is O=C(N1CC(OCC(F)(F)F)C1)C1(c2cccs2)CCCC1. The number of hydrogen-bond acceptors (Lipinski definition) is 3. The number of carbonyl (C=O) groups excluding carboxylic acids is 1. The number of nitrogens with zero attached hydrogens (tertiary/aromatic N) is 1. The van der Waals surface area contributed by atoms with Crippen LogP contribution in [0.25, 0.3) is 0 Å². The Balaban J connectivity index is 1.60. The number of hydrogen-bond donors (Lipinski definition) is 0. The van der Waals surface area contributed by atoms with Crippen molar-refractivity contribution in [2.75, 3.05) is 19.7 Å². The number of amides is 1. The number of thiophene rings is 1. The molecule has 0 N–H and O–H groups in total. The summed E-state index contributed by atoms with van der Waals surface area (Å²) in [5.74, 6) is 0.0549. The fraction of sp³-hybridized carbons (Fsp3) is 0.667. The molecule has 0 bridgehead atoms. The predicted octanol–water partition coefficient (Wildman–Crippen LogP) is 3.35. The quantitative estimate of drug-likeness (QED) is 0.846. The van der Waals surface area contributed by atoms with Crippen LogP contribution < -0.4 is 0 Å². The van der Waals surface area contributed by atoms with Crippen LogP contribution in [0.1, 0.15) is 30.6 Å². The average Bonchev–Trinajstić information content (AvgIpc) is 3.07. The first-order valence-corrected chi connectivity index (χ1v) is 8.30. The van der Waals surface area contributed by atoms with Gasteiger partial charge in [0.05, 0.1) is 11.5 Å². The van der Waals surface area contributed by atoms with Crippen LogP contribution in [0, 0.1) is 0 Å². The van der Waals surface area contributed by atoms with E-state index < -0.39 is 24.3 Å². The lowest BCUT2D eigenvalue weighted by Crippen LogP contribution is -2.59. The smallest absolute Gasteiger partial charge is 0.365 e. The minimum Gasteiger partial charge on any atom is -0.365 e. The van der Waals surface area contributed by atoms with E-state index in [2.05, 4.69) is 0 Å². The molecule has 1 saturated carbocycles. The van der Waals surface area contributed by atoms with Crippen LogP contribution in [0.5, 0.6) is 0 Å². The normalized spacial score (nSPS) is 21.9. The van der Waals surface area contributed by atoms with Gasteiger partial charge in [0.25, 0.3) is 0 Å². The number of rotatable bonds is 4. The average molecular weight is 333 g/mol. The molecule has 1 aromatic heterocycles. The summed E-state index contributed by atoms with van der Waals surface area (Å²) >= 11 is 1.59. The molecule has 7 heteroatoms. The molecule has 0 aromatic carbocycles. The molecule has 1 aliphatic heterocycles. The third-order valence-electron chi connectivity index (χ3n) is 4.48. The minimum absolute atomic E-state index is 0.0549. The Morgan fingerprint density at radius 1 is 1.36 bits per heavy atom. The van der Waals surface area contributed by atoms with E-state index in [9.17, 15) is 18.0 Å². The van der Waals surface area contributed by atoms with Gasteiger partial charge in [0.15, 0.2) is 0 Å². The Labute approximate surface area is 131 Å². The minimum atomic E-state index is -4.31. The van der Waals surface area contributed by atoms with Crippen molar-refractivity contribution in [3.05, 3.63) is 22.4 Å². The maximum Gasteiger partial charge on any atom is 0.411 e. The molecule has 3 rings (SSSR count). The lowest BCUT2D eigenvalue weighted by Gasteiger charge is -2.43. The van der Waals surface area contributed by atoms with Gasteiger partial charge in [0, 0.05) is 18.0 Å². The fourth-order valence-electron chi connectivity index (χ4n) is 3.32. The van der Waals surface area contributed by atoms with Crippen molar-refractivity contribution in [3.8, 4) is 0 Å². The van der Waals surface area contributed by atoms with Gasteiger partial charge in [-0.2, -0.15) is 13.2 Å². The van der Waals surface area contributed by atoms with Gasteiger partial charge in [0.2, 0.25) is 5.91 Å². The van der Waals surface area contributed by atoms with Crippen LogP contribution in [-0.4, -0.2) is 42.8 Å². The number of carbonyl (C=O) groups is 1. The number of halogens is 3. The summed E-state index contributed by atoms with van der Waals surface area (Å²) in [4.78, 5) is 15.6. The molecule has 2 heterocycles. The predicted molar refractivity (Wildman–Crippen MR) is 76.8 cm³/mol. The second-order valence-corrected chi connectivity index (χ2v) is 6.97. The lowest BCUT2D eigenvalue weighted by molar-refractivity contribution is -0.201. The Hall–Kier alpha value is -1.08. The summed E-state index contributed by atoms with van der Waals surface area (Å²) < 4.78 is 41.2. The first-order chi connectivity index (χ1) is 10.4. The van der Waals surface area contributed by atoms with E-state index in [1.165, 1.54) is 0 Å². The second-order valence-electron chi connectivity index (χ2n) is 6.02. The van der Waals surface area contributed by atoms with Gasteiger partial charge in [-0.1, -0.05) is 18.9 Å². The fourth-order valence-corrected chi connectivity index (χ4v) is 4.30. The van der Waals surface area contributed by atoms with E-state index in [1.54, 1.807) is 16.2 Å². The largest absolute Gasteiger partial charge is 0.411 e. The molecule has 0 atom stereocenters. The van der Waals surface area contributed by atoms with Gasteiger partial charge in [0.1, 0.15) is 6.61 Å². The summed E-state index contributed by atoms with van der Waals surface area (Å²) in [7, 11) is 0. The zero-order valence-electron chi connectivity index (χ0n) is 12.1. The van der Waals surface area contributed by atoms with Crippen LogP contribution in [-0.2, 0) is 14.9 Å². The maximum atomic E-state index is 12.8. The Morgan fingerprint density at radius 3 is 2.59 bits per heavy atom. The third-order valence-corrected chi connectivity index (χ3v) is 5.55. The summed E-state index contributed by atoms with van der Waals surface area (Å²) in [6.45, 7) is -0.708. The summed E-state index contributed by atoms with van der Waals surface area (Å²) in [6, 6.07) is 3.93. The number of likely N-dealkylation sites (tertiary alicyclic amines) is 1. The molecule has 1 aromatic rings. The monoisotopic (exact) mass is 333 g/mol. The maximum absolute atomic E-state index is 12.8. The zero-order chi connectivity index (χ0) is 15.8. The Morgan fingerprint density at radius 2 is 2.05 bits per heavy atom. The lowest BCUT2D eigenvalue weighted by atomic mass is 9.82. The molecule has 1 saturated heterocycles. The van der Waals surface area contributed by atoms with Gasteiger partial charge in [-0.15, -0.1) is 11.3 Å². The van der Waals surface area contributed by atoms with E-state index >= 15 is 0 Å². The third kappa shape index (κ3) is 3.01. The first kappa shape index (κ1) is 15.8. The van der Waals surface area contributed by atoms with Crippen LogP contribution in [0.2, 0.25) is 0 Å². The summed E-state index contributed by atoms with van der Waals surface area (Å²) in [5.41, 5.74) is -0.455. The first-order valence-electron chi connectivity index (χ1n) is 7.42. The molecule has 0 radical (unpaired) electrons. The molecule has 0 spiro atoms. The van der Waals surface area contributed by atoms with Gasteiger partial charge >= 0.3 is 6.18 Å². The second kappa shape index (κ2) is 5.85. The van der Waals surface area contributed by atoms with Crippen molar-refractivity contribution in [3.63, 3.8) is 0 Å². The van der Waals surface area contributed by atoms with E-state index in [0.29, 0.717) is 0 Å². The zero-order valence-corrected chi connectivity index (χ0v) is 12.9. The highest BCUT2D eigenvalue weighted by Crippen LogP contribution is 2.45. The van der Waals surface area contributed by atoms with Crippen LogP contribution in [0.3, 0.4) is 0 Å². The highest BCUT2D eigenvalue weighted by atomic mass is 32.1. The molecule has 2 fully saturated rings. The van der Waals surface area contributed by atoms with Crippen molar-refractivity contribution in [1.29, 1.82) is 0 Å². The molecule has 2 aliphatic rings. The van der Waals surface area contributed by atoms with Crippen molar-refractivity contribution >= 4 is 17.2 Å². The molecule has 0 unspecified atom stereocenters. The highest BCUT2D eigenvalue weighted by molar-refractivity contribution is 7.10. The van der Waals surface area contributed by atoms with Crippen LogP contribution >= 0.6 is 11.3 Å². The molecule has 3 nitrogen and oxygen atoms in total. The molecule has 1 aliphatic carbocycles. The number of ether oxygens (including phenoxy) is 1. The van der Waals surface area contributed by atoms with E-state index in [-0.39, 0.29) is 19.0 Å². The van der Waals surface area contributed by atoms with Gasteiger partial charge in [-0.25, -0.2) is 0 Å². The number of alkyl halides is 3. The van der Waals surface area contributed by atoms with Crippen LogP contribution in [0.15, 0.2) is 17.5 Å². The van der Waals surface area contributed by atoms with Gasteiger partial charge in [-0.3, -0.25) is 4.79 Å². The molecular weight excluding hydrogens is 315 g/mol. The van der Waals surface area contributed by atoms with E-state index in [4.69, 9.17) is 4.74 Å². The van der Waals surface area contributed by atoms with Crippen molar-refractivity contribution in [2.45, 2.75) is 43.4 Å². The highest BCUT2D eigenvalue weighted by Gasteiger charge is 2.48. The van der Waals surface area contributed by atoms with E-state index in [1.807, 2.05) is 17.5 Å². The molecule has 1 amide bonds. The van der Waals surface area contributed by atoms with Gasteiger partial charge < -0.3 is 9.64 Å². The van der Waals surface area contributed by atoms with Crippen molar-refractivity contribution in [1.82, 2.24) is 4.90 Å². The summed E-state index contributed by atoms with van der Waals surface area (Å²) in [5, 5.41) is 1.97. The Kier molecular flexibility index (Phi) is 4.20. The van der Waals surface area contributed by atoms with E-state index in [0.717, 1.165) is 30.6 Å². The molecular formula is C15H18F3NO2S. The summed E-state index contributed by atoms with van der Waals surface area (Å²) in [6.07, 6.45) is -1.11. The topological polar surface area (TPSA) is 29.5 Å². The van der Waals surface area contributed by atoms with Crippen molar-refractivity contribution in [2.24, 2.45) is 0 Å². The Bertz CT molecular complexity index is 517.